The maximum absolute atomic E-state index is 5.64. The van der Waals surface area contributed by atoms with Crippen LogP contribution in [0.5, 0.6) is 0 Å². The number of para-hydroxylation sites is 2. The van der Waals surface area contributed by atoms with E-state index in [2.05, 4.69) is 265 Å². The number of nitrogens with zero attached hydrogens (tertiary/aromatic N) is 3. The summed E-state index contributed by atoms with van der Waals surface area (Å²) in [5, 5.41) is 1.07. The van der Waals surface area contributed by atoms with Gasteiger partial charge in [-0.15, -0.1) is 0 Å². The summed E-state index contributed by atoms with van der Waals surface area (Å²) in [6, 6.07) is 93.1. The minimum atomic E-state index is 0.672. The predicted octanol–water partition coefficient (Wildman–Crippen LogP) is 16.9. The van der Waals surface area contributed by atoms with Crippen LogP contribution in [-0.2, 0) is 0 Å². The smallest absolute Gasteiger partial charge is 0.160 e. The van der Waals surface area contributed by atoms with Crippen LogP contribution in [0.2, 0.25) is 0 Å². The minimum absolute atomic E-state index is 0.672. The van der Waals surface area contributed by atoms with Gasteiger partial charge < -0.3 is 4.57 Å². The molecule has 10 aromatic carbocycles. The van der Waals surface area contributed by atoms with Crippen molar-refractivity contribution in [1.82, 2.24) is 14.5 Å². The Morgan fingerprint density at radius 1 is 0.254 bits per heavy atom. The zero-order valence-corrected chi connectivity index (χ0v) is 36.7. The first-order valence-electron chi connectivity index (χ1n) is 22.8. The predicted molar refractivity (Wildman–Crippen MR) is 280 cm³/mol. The lowest BCUT2D eigenvalue weighted by Gasteiger charge is -2.15. The van der Waals surface area contributed by atoms with Crippen LogP contribution in [0, 0.1) is 0 Å². The van der Waals surface area contributed by atoms with E-state index in [0.717, 1.165) is 83.4 Å². The van der Waals surface area contributed by atoms with E-state index in [1.165, 1.54) is 27.8 Å². The monoisotopic (exact) mass is 853 g/mol. The van der Waals surface area contributed by atoms with E-state index in [9.17, 15) is 0 Å². The summed E-state index contributed by atoms with van der Waals surface area (Å²) in [6.07, 6.45) is 0. The zero-order valence-electron chi connectivity index (χ0n) is 36.7. The van der Waals surface area contributed by atoms with E-state index < -0.39 is 0 Å². The van der Waals surface area contributed by atoms with Crippen molar-refractivity contribution in [3.63, 3.8) is 0 Å². The van der Waals surface area contributed by atoms with Crippen LogP contribution in [-0.4, -0.2) is 14.5 Å². The molecule has 12 aromatic rings. The molecule has 2 aromatic heterocycles. The number of aromatic nitrogens is 3. The molecule has 0 unspecified atom stereocenters. The van der Waals surface area contributed by atoms with Crippen molar-refractivity contribution in [3.8, 4) is 95.1 Å². The van der Waals surface area contributed by atoms with Gasteiger partial charge in [-0.3, -0.25) is 0 Å². The largest absolute Gasteiger partial charge is 0.306 e. The quantitative estimate of drug-likeness (QED) is 0.145. The van der Waals surface area contributed by atoms with Crippen LogP contribution in [0.25, 0.3) is 117 Å². The number of fused-ring (bicyclic) bond motifs is 3. The molecule has 0 bridgehead atoms. The SMILES string of the molecule is c1ccc(-c2cc(-c3ccccc3)cc(-c3cccc(-c4cccc(-c5nc(-c6cc(-c7ccccc7)cc(-c7ccccc7)c6)c6c(n5)c5ccccc5n6-c5ccccc5)c4)c3)c2)cc1. The molecule has 3 nitrogen and oxygen atoms in total. The molecule has 67 heavy (non-hydrogen) atoms. The molecule has 0 fully saturated rings. The van der Waals surface area contributed by atoms with Gasteiger partial charge in [0.2, 0.25) is 0 Å². The molecule has 0 saturated heterocycles. The van der Waals surface area contributed by atoms with Crippen LogP contribution in [0.1, 0.15) is 0 Å². The molecular formula is C64H43N3. The average molecular weight is 854 g/mol. The number of rotatable bonds is 9. The van der Waals surface area contributed by atoms with Crippen LogP contribution < -0.4 is 0 Å². The van der Waals surface area contributed by atoms with E-state index >= 15 is 0 Å². The summed E-state index contributed by atoms with van der Waals surface area (Å²) in [5.41, 5.74) is 20.7. The number of hydrogen-bond donors (Lipinski definition) is 0. The van der Waals surface area contributed by atoms with E-state index in [1.807, 2.05) is 0 Å². The van der Waals surface area contributed by atoms with Crippen molar-refractivity contribution in [2.75, 3.05) is 0 Å². The van der Waals surface area contributed by atoms with Crippen molar-refractivity contribution in [1.29, 1.82) is 0 Å². The van der Waals surface area contributed by atoms with E-state index in [0.29, 0.717) is 5.82 Å². The van der Waals surface area contributed by atoms with Gasteiger partial charge in [0.1, 0.15) is 5.52 Å². The third-order valence-electron chi connectivity index (χ3n) is 12.7. The first-order chi connectivity index (χ1) is 33.2. The van der Waals surface area contributed by atoms with Gasteiger partial charge in [-0.1, -0.05) is 194 Å². The molecule has 12 rings (SSSR count). The lowest BCUT2D eigenvalue weighted by Crippen LogP contribution is -2.00. The van der Waals surface area contributed by atoms with E-state index in [4.69, 9.17) is 9.97 Å². The van der Waals surface area contributed by atoms with Gasteiger partial charge in [0, 0.05) is 22.2 Å². The maximum atomic E-state index is 5.64. The second-order valence-corrected chi connectivity index (χ2v) is 17.0. The second-order valence-electron chi connectivity index (χ2n) is 17.0. The molecule has 0 N–H and O–H groups in total. The molecule has 2 heterocycles. The lowest BCUT2D eigenvalue weighted by atomic mass is 9.92. The highest BCUT2D eigenvalue weighted by Gasteiger charge is 2.22. The summed E-state index contributed by atoms with van der Waals surface area (Å²) in [7, 11) is 0. The van der Waals surface area contributed by atoms with Crippen molar-refractivity contribution in [2.45, 2.75) is 0 Å². The summed E-state index contributed by atoms with van der Waals surface area (Å²) in [5.74, 6) is 0.672. The van der Waals surface area contributed by atoms with Crippen LogP contribution in [0.3, 0.4) is 0 Å². The van der Waals surface area contributed by atoms with Crippen molar-refractivity contribution in [3.05, 3.63) is 261 Å². The second kappa shape index (κ2) is 17.2. The van der Waals surface area contributed by atoms with Gasteiger partial charge in [-0.2, -0.15) is 0 Å². The Balaban J connectivity index is 1.04. The van der Waals surface area contributed by atoms with Crippen molar-refractivity contribution in [2.24, 2.45) is 0 Å². The highest BCUT2D eigenvalue weighted by molar-refractivity contribution is 6.12. The Hall–Kier alpha value is -8.92. The molecule has 0 spiro atoms. The summed E-state index contributed by atoms with van der Waals surface area (Å²) in [4.78, 5) is 11.1. The van der Waals surface area contributed by atoms with Gasteiger partial charge >= 0.3 is 0 Å². The fraction of sp³-hybridized carbons (Fsp3) is 0. The van der Waals surface area contributed by atoms with E-state index in [-0.39, 0.29) is 0 Å². The fourth-order valence-electron chi connectivity index (χ4n) is 9.48. The van der Waals surface area contributed by atoms with Crippen molar-refractivity contribution >= 4 is 21.9 Å². The maximum Gasteiger partial charge on any atom is 0.160 e. The zero-order chi connectivity index (χ0) is 44.5. The Morgan fingerprint density at radius 2 is 0.597 bits per heavy atom. The Labute approximate surface area is 390 Å². The topological polar surface area (TPSA) is 30.7 Å². The standard InChI is InChI=1S/C64H43N3/c1-6-20-44(21-7-1)52-38-53(45-22-8-2-9-23-45)41-56(40-52)50-30-18-28-48(36-50)49-29-19-31-51(37-49)64-65-61(63-62(66-64)59-34-16-17-35-60(59)67(63)58-32-14-5-15-33-58)57-42-54(46-24-10-3-11-25-46)39-55(43-57)47-26-12-4-13-27-47/h1-43H. The van der Waals surface area contributed by atoms with Crippen molar-refractivity contribution < 1.29 is 0 Å². The summed E-state index contributed by atoms with van der Waals surface area (Å²) in [6.45, 7) is 0. The fourth-order valence-corrected chi connectivity index (χ4v) is 9.48. The molecule has 0 atom stereocenters. The van der Waals surface area contributed by atoms with Gasteiger partial charge in [-0.05, 0) is 133 Å². The molecule has 0 aliphatic carbocycles. The first-order valence-corrected chi connectivity index (χ1v) is 22.8. The normalized spacial score (nSPS) is 11.3. The number of benzene rings is 10. The van der Waals surface area contributed by atoms with Crippen LogP contribution >= 0.6 is 0 Å². The third-order valence-corrected chi connectivity index (χ3v) is 12.7. The van der Waals surface area contributed by atoms with Crippen LogP contribution in [0.15, 0.2) is 261 Å². The summed E-state index contributed by atoms with van der Waals surface area (Å²) >= 11 is 0. The van der Waals surface area contributed by atoms with E-state index in [1.54, 1.807) is 0 Å². The molecule has 3 heteroatoms. The van der Waals surface area contributed by atoms with Gasteiger partial charge in [-0.25, -0.2) is 9.97 Å². The molecule has 314 valence electrons. The Kier molecular flexibility index (Phi) is 10.2. The first kappa shape index (κ1) is 39.7. The van der Waals surface area contributed by atoms with Gasteiger partial charge in [0.25, 0.3) is 0 Å². The average Bonchev–Trinajstić information content (AvgIpc) is 3.76. The van der Waals surface area contributed by atoms with Gasteiger partial charge in [0.15, 0.2) is 5.82 Å². The molecule has 0 radical (unpaired) electrons. The highest BCUT2D eigenvalue weighted by atomic mass is 15.0. The molecule has 0 aliphatic rings. The Morgan fingerprint density at radius 3 is 1.09 bits per heavy atom. The lowest BCUT2D eigenvalue weighted by molar-refractivity contribution is 1.15. The number of hydrogen-bond acceptors (Lipinski definition) is 2. The third kappa shape index (κ3) is 7.69. The molecule has 0 aliphatic heterocycles. The Bertz CT molecular complexity index is 3600. The molecule has 0 amide bonds. The summed E-state index contributed by atoms with van der Waals surface area (Å²) < 4.78 is 2.33. The van der Waals surface area contributed by atoms with Crippen LogP contribution in [0.4, 0.5) is 0 Å². The minimum Gasteiger partial charge on any atom is -0.306 e. The highest BCUT2D eigenvalue weighted by Crippen LogP contribution is 2.41. The molecule has 0 saturated carbocycles. The molecular weight excluding hydrogens is 811 g/mol. The van der Waals surface area contributed by atoms with Gasteiger partial charge in [0.05, 0.1) is 16.7 Å².